The number of carbonyl (C=O) groups excluding carboxylic acids is 1. The Balaban J connectivity index is 0.00000288. The number of hydrogen-bond acceptors (Lipinski definition) is 2. The molecule has 1 amide bonds. The van der Waals surface area contributed by atoms with Crippen LogP contribution in [0.5, 0.6) is 0 Å². The molecule has 4 heteroatoms. The second-order valence-electron chi connectivity index (χ2n) is 7.53. The summed E-state index contributed by atoms with van der Waals surface area (Å²) >= 11 is 0. The zero-order valence-electron chi connectivity index (χ0n) is 15.5. The van der Waals surface area contributed by atoms with Gasteiger partial charge in [0.15, 0.2) is 0 Å². The summed E-state index contributed by atoms with van der Waals surface area (Å²) in [6.45, 7) is 10.3. The molecule has 3 atom stereocenters. The fourth-order valence-electron chi connectivity index (χ4n) is 3.38. The van der Waals surface area contributed by atoms with Crippen molar-refractivity contribution < 1.29 is 4.79 Å². The first-order chi connectivity index (χ1) is 10.9. The van der Waals surface area contributed by atoms with Gasteiger partial charge >= 0.3 is 0 Å². The number of benzene rings is 1. The molecule has 0 saturated carbocycles. The topological polar surface area (TPSA) is 46.3 Å². The molecule has 1 aromatic rings. The fourth-order valence-corrected chi connectivity index (χ4v) is 3.38. The average molecular weight is 353 g/mol. The Labute approximate surface area is 153 Å². The monoisotopic (exact) mass is 352 g/mol. The van der Waals surface area contributed by atoms with Crippen LogP contribution in [0.15, 0.2) is 24.3 Å². The molecule has 1 fully saturated rings. The van der Waals surface area contributed by atoms with Gasteiger partial charge in [0.05, 0.1) is 0 Å². The Morgan fingerprint density at radius 2 is 1.75 bits per heavy atom. The highest BCUT2D eigenvalue weighted by Crippen LogP contribution is 2.25. The predicted molar refractivity (Wildman–Crippen MR) is 104 cm³/mol. The van der Waals surface area contributed by atoms with Gasteiger partial charge in [-0.2, -0.15) is 0 Å². The molecule has 1 aromatic carbocycles. The SMILES string of the molecule is CC(C)c1ccc(C(C)CC(=O)N2CCCC(C(C)N)C2)cc1.Cl. The maximum absolute atomic E-state index is 12.6. The molecule has 2 N–H and O–H groups in total. The van der Waals surface area contributed by atoms with Crippen molar-refractivity contribution in [1.82, 2.24) is 4.90 Å². The van der Waals surface area contributed by atoms with Crippen molar-refractivity contribution >= 4 is 18.3 Å². The fraction of sp³-hybridized carbons (Fsp3) is 0.650. The third-order valence-electron chi connectivity index (χ3n) is 5.21. The van der Waals surface area contributed by atoms with Crippen molar-refractivity contribution in [2.45, 2.75) is 64.8 Å². The van der Waals surface area contributed by atoms with E-state index < -0.39 is 0 Å². The zero-order valence-corrected chi connectivity index (χ0v) is 16.3. The maximum Gasteiger partial charge on any atom is 0.223 e. The van der Waals surface area contributed by atoms with Gasteiger partial charge in [-0.1, -0.05) is 45.0 Å². The Morgan fingerprint density at radius 3 is 2.29 bits per heavy atom. The summed E-state index contributed by atoms with van der Waals surface area (Å²) in [6, 6.07) is 8.90. The molecule has 1 aliphatic heterocycles. The Hall–Kier alpha value is -1.06. The van der Waals surface area contributed by atoms with Gasteiger partial charge in [-0.25, -0.2) is 0 Å². The Kier molecular flexibility index (Phi) is 8.24. The van der Waals surface area contributed by atoms with Crippen molar-refractivity contribution in [3.05, 3.63) is 35.4 Å². The number of rotatable bonds is 5. The minimum Gasteiger partial charge on any atom is -0.342 e. The molecule has 3 nitrogen and oxygen atoms in total. The standard InChI is InChI=1S/C20H32N2O.ClH/c1-14(2)17-7-9-18(10-8-17)15(3)12-20(23)22-11-5-6-19(13-22)16(4)21;/h7-10,14-16,19H,5-6,11-13,21H2,1-4H3;1H. The molecule has 2 rings (SSSR count). The first-order valence-electron chi connectivity index (χ1n) is 9.01. The van der Waals surface area contributed by atoms with Crippen LogP contribution in [0.3, 0.4) is 0 Å². The third-order valence-corrected chi connectivity index (χ3v) is 5.21. The molecule has 136 valence electrons. The lowest BCUT2D eigenvalue weighted by molar-refractivity contribution is -0.133. The van der Waals surface area contributed by atoms with Crippen LogP contribution >= 0.6 is 12.4 Å². The molecule has 0 aliphatic carbocycles. The van der Waals surface area contributed by atoms with Gasteiger partial charge in [-0.3, -0.25) is 4.79 Å². The number of nitrogens with zero attached hydrogens (tertiary/aromatic N) is 1. The number of carbonyl (C=O) groups is 1. The summed E-state index contributed by atoms with van der Waals surface area (Å²) in [7, 11) is 0. The van der Waals surface area contributed by atoms with E-state index >= 15 is 0 Å². The van der Waals surface area contributed by atoms with Crippen molar-refractivity contribution in [3.8, 4) is 0 Å². The van der Waals surface area contributed by atoms with Crippen molar-refractivity contribution in [3.63, 3.8) is 0 Å². The van der Waals surface area contributed by atoms with Crippen LogP contribution in [0.25, 0.3) is 0 Å². The van der Waals surface area contributed by atoms with E-state index in [2.05, 4.69) is 52.0 Å². The van der Waals surface area contributed by atoms with Crippen molar-refractivity contribution in [1.29, 1.82) is 0 Å². The van der Waals surface area contributed by atoms with Gasteiger partial charge in [0.1, 0.15) is 0 Å². The molecular formula is C20H33ClN2O. The molecule has 1 aliphatic rings. The van der Waals surface area contributed by atoms with E-state index in [1.165, 1.54) is 11.1 Å². The van der Waals surface area contributed by atoms with E-state index in [0.717, 1.165) is 25.9 Å². The lowest BCUT2D eigenvalue weighted by Gasteiger charge is -2.35. The highest BCUT2D eigenvalue weighted by atomic mass is 35.5. The summed E-state index contributed by atoms with van der Waals surface area (Å²) in [5, 5.41) is 0. The van der Waals surface area contributed by atoms with Gasteiger partial charge in [-0.15, -0.1) is 12.4 Å². The van der Waals surface area contributed by atoms with E-state index in [4.69, 9.17) is 5.73 Å². The summed E-state index contributed by atoms with van der Waals surface area (Å²) in [5.74, 6) is 1.54. The summed E-state index contributed by atoms with van der Waals surface area (Å²) in [5.41, 5.74) is 8.63. The van der Waals surface area contributed by atoms with Crippen molar-refractivity contribution in [2.75, 3.05) is 13.1 Å². The van der Waals surface area contributed by atoms with Crippen LogP contribution in [0.4, 0.5) is 0 Å². The minimum absolute atomic E-state index is 0. The first-order valence-corrected chi connectivity index (χ1v) is 9.01. The van der Waals surface area contributed by atoms with Crippen LogP contribution in [0.2, 0.25) is 0 Å². The summed E-state index contributed by atoms with van der Waals surface area (Å²) in [4.78, 5) is 14.6. The number of nitrogens with two attached hydrogens (primary N) is 1. The van der Waals surface area contributed by atoms with Crippen molar-refractivity contribution in [2.24, 2.45) is 11.7 Å². The van der Waals surface area contributed by atoms with Gasteiger partial charge in [0.25, 0.3) is 0 Å². The van der Waals surface area contributed by atoms with Crippen LogP contribution in [-0.4, -0.2) is 29.9 Å². The van der Waals surface area contributed by atoms with Crippen LogP contribution in [0.1, 0.15) is 69.9 Å². The van der Waals surface area contributed by atoms with E-state index in [1.54, 1.807) is 0 Å². The molecule has 1 saturated heterocycles. The van der Waals surface area contributed by atoms with E-state index in [1.807, 2.05) is 4.90 Å². The second-order valence-corrected chi connectivity index (χ2v) is 7.53. The van der Waals surface area contributed by atoms with E-state index in [9.17, 15) is 4.79 Å². The summed E-state index contributed by atoms with van der Waals surface area (Å²) < 4.78 is 0. The Bertz CT molecular complexity index is 513. The average Bonchev–Trinajstić information content (AvgIpc) is 2.54. The normalized spacial score (nSPS) is 20.4. The van der Waals surface area contributed by atoms with Crippen LogP contribution in [0, 0.1) is 5.92 Å². The van der Waals surface area contributed by atoms with Crippen LogP contribution in [-0.2, 0) is 4.79 Å². The first kappa shape index (κ1) is 21.0. The number of piperidine rings is 1. The molecule has 3 unspecified atom stereocenters. The predicted octanol–water partition coefficient (Wildman–Crippen LogP) is 4.31. The molecular weight excluding hydrogens is 320 g/mol. The van der Waals surface area contributed by atoms with Gasteiger partial charge in [0.2, 0.25) is 5.91 Å². The lowest BCUT2D eigenvalue weighted by Crippen LogP contribution is -2.45. The molecule has 0 aromatic heterocycles. The van der Waals surface area contributed by atoms with E-state index in [0.29, 0.717) is 18.3 Å². The molecule has 0 bridgehead atoms. The quantitative estimate of drug-likeness (QED) is 0.858. The molecule has 1 heterocycles. The zero-order chi connectivity index (χ0) is 17.0. The summed E-state index contributed by atoms with van der Waals surface area (Å²) in [6.07, 6.45) is 2.82. The van der Waals surface area contributed by atoms with E-state index in [-0.39, 0.29) is 30.3 Å². The largest absolute Gasteiger partial charge is 0.342 e. The highest BCUT2D eigenvalue weighted by molar-refractivity contribution is 5.85. The van der Waals surface area contributed by atoms with Gasteiger partial charge in [0, 0.05) is 25.6 Å². The number of halogens is 1. The third kappa shape index (κ3) is 5.49. The molecule has 0 spiro atoms. The molecule has 24 heavy (non-hydrogen) atoms. The Morgan fingerprint density at radius 1 is 1.17 bits per heavy atom. The van der Waals surface area contributed by atoms with Gasteiger partial charge in [-0.05, 0) is 48.6 Å². The smallest absolute Gasteiger partial charge is 0.223 e. The maximum atomic E-state index is 12.6. The number of hydrogen-bond donors (Lipinski definition) is 1. The lowest BCUT2D eigenvalue weighted by atomic mass is 9.90. The van der Waals surface area contributed by atoms with Gasteiger partial charge < -0.3 is 10.6 Å². The number of amides is 1. The second kappa shape index (κ2) is 9.43. The number of likely N-dealkylation sites (tertiary alicyclic amines) is 1. The van der Waals surface area contributed by atoms with Crippen LogP contribution < -0.4 is 5.73 Å². The molecule has 0 radical (unpaired) electrons. The minimum atomic E-state index is 0. The highest BCUT2D eigenvalue weighted by Gasteiger charge is 2.26.